The number of ether oxygens (including phenoxy) is 2. The molecule has 1 heterocycles. The second-order valence-electron chi connectivity index (χ2n) is 5.88. The summed E-state index contributed by atoms with van der Waals surface area (Å²) in [7, 11) is 3.46. The molecule has 10 heteroatoms. The van der Waals surface area contributed by atoms with Crippen molar-refractivity contribution in [1.82, 2.24) is 14.8 Å². The molecule has 3 aromatic rings. The summed E-state index contributed by atoms with van der Waals surface area (Å²) in [5.41, 5.74) is 0.705. The van der Waals surface area contributed by atoms with E-state index in [0.717, 1.165) is 14.7 Å². The molecule has 0 unspecified atom stereocenters. The van der Waals surface area contributed by atoms with Crippen molar-refractivity contribution >= 4 is 55.2 Å². The second kappa shape index (κ2) is 10.1. The lowest BCUT2D eigenvalue weighted by Crippen LogP contribution is -2.15. The predicted molar refractivity (Wildman–Crippen MR) is 120 cm³/mol. The molecule has 0 spiro atoms. The maximum absolute atomic E-state index is 12.3. The molecular formula is C19H18Br2N4O3S. The van der Waals surface area contributed by atoms with Crippen molar-refractivity contribution in [3.63, 3.8) is 0 Å². The van der Waals surface area contributed by atoms with Crippen LogP contribution in [0.1, 0.15) is 5.82 Å². The fourth-order valence-electron chi connectivity index (χ4n) is 2.33. The first-order valence-corrected chi connectivity index (χ1v) is 11.1. The van der Waals surface area contributed by atoms with Gasteiger partial charge < -0.3 is 19.4 Å². The highest BCUT2D eigenvalue weighted by Crippen LogP contribution is 2.26. The van der Waals surface area contributed by atoms with Crippen LogP contribution in [0.15, 0.2) is 56.6 Å². The van der Waals surface area contributed by atoms with Crippen LogP contribution >= 0.6 is 43.6 Å². The van der Waals surface area contributed by atoms with Crippen molar-refractivity contribution in [3.8, 4) is 11.5 Å². The third-order valence-electron chi connectivity index (χ3n) is 3.89. The Bertz CT molecular complexity index is 996. The lowest BCUT2D eigenvalue weighted by molar-refractivity contribution is -0.113. The average molecular weight is 542 g/mol. The van der Waals surface area contributed by atoms with Crippen molar-refractivity contribution in [1.29, 1.82) is 0 Å². The van der Waals surface area contributed by atoms with E-state index in [2.05, 4.69) is 47.4 Å². The van der Waals surface area contributed by atoms with Gasteiger partial charge in [0, 0.05) is 16.0 Å². The number of carbonyl (C=O) groups is 1. The third kappa shape index (κ3) is 5.97. The van der Waals surface area contributed by atoms with Crippen molar-refractivity contribution < 1.29 is 14.3 Å². The standard InChI is InChI=1S/C19H18Br2N4O3S/c1-25-17(10-28-14-6-4-13(27-2)5-7-14)23-24-19(25)29-11-18(26)22-16-9-12(20)3-8-15(16)21/h3-9H,10-11H2,1-2H3,(H,22,26). The van der Waals surface area contributed by atoms with Crippen LogP contribution in [0.3, 0.4) is 0 Å². The molecule has 0 saturated heterocycles. The lowest BCUT2D eigenvalue weighted by atomic mass is 10.3. The third-order valence-corrected chi connectivity index (χ3v) is 6.09. The van der Waals surface area contributed by atoms with Gasteiger partial charge in [0.25, 0.3) is 0 Å². The van der Waals surface area contributed by atoms with E-state index in [0.29, 0.717) is 22.4 Å². The summed E-state index contributed by atoms with van der Waals surface area (Å²) in [6.07, 6.45) is 0. The topological polar surface area (TPSA) is 78.3 Å². The smallest absolute Gasteiger partial charge is 0.234 e. The fourth-order valence-corrected chi connectivity index (χ4v) is 3.76. The quantitative estimate of drug-likeness (QED) is 0.418. The van der Waals surface area contributed by atoms with Gasteiger partial charge in [-0.3, -0.25) is 4.79 Å². The number of methoxy groups -OCH3 is 1. The molecule has 0 atom stereocenters. The van der Waals surface area contributed by atoms with Gasteiger partial charge in [-0.1, -0.05) is 27.7 Å². The van der Waals surface area contributed by atoms with Crippen LogP contribution in [-0.4, -0.2) is 33.5 Å². The first-order valence-electron chi connectivity index (χ1n) is 8.49. The van der Waals surface area contributed by atoms with Crippen molar-refractivity contribution in [3.05, 3.63) is 57.2 Å². The van der Waals surface area contributed by atoms with Gasteiger partial charge in [0.15, 0.2) is 11.0 Å². The largest absolute Gasteiger partial charge is 0.497 e. The average Bonchev–Trinajstić information content (AvgIpc) is 3.07. The first-order chi connectivity index (χ1) is 14.0. The summed E-state index contributed by atoms with van der Waals surface area (Å²) in [6.45, 7) is 0.271. The fraction of sp³-hybridized carbons (Fsp3) is 0.211. The zero-order chi connectivity index (χ0) is 20.8. The van der Waals surface area contributed by atoms with Crippen LogP contribution in [0, 0.1) is 0 Å². The maximum atomic E-state index is 12.3. The van der Waals surface area contributed by atoms with E-state index < -0.39 is 0 Å². The molecule has 0 radical (unpaired) electrons. The van der Waals surface area contributed by atoms with E-state index in [1.54, 1.807) is 7.11 Å². The molecule has 0 saturated carbocycles. The number of benzene rings is 2. The molecule has 1 amide bonds. The molecule has 1 N–H and O–H groups in total. The van der Waals surface area contributed by atoms with Crippen LogP contribution in [-0.2, 0) is 18.4 Å². The zero-order valence-corrected chi connectivity index (χ0v) is 19.7. The summed E-state index contributed by atoms with van der Waals surface area (Å²) in [5.74, 6) is 2.22. The van der Waals surface area contributed by atoms with Gasteiger partial charge >= 0.3 is 0 Å². The number of rotatable bonds is 8. The van der Waals surface area contributed by atoms with Crippen LogP contribution in [0.2, 0.25) is 0 Å². The minimum absolute atomic E-state index is 0.132. The number of anilines is 1. The molecule has 0 aliphatic heterocycles. The summed E-state index contributed by atoms with van der Waals surface area (Å²) < 4.78 is 14.4. The molecule has 152 valence electrons. The van der Waals surface area contributed by atoms with Crippen LogP contribution in [0.25, 0.3) is 0 Å². The van der Waals surface area contributed by atoms with E-state index >= 15 is 0 Å². The highest BCUT2D eigenvalue weighted by Gasteiger charge is 2.13. The maximum Gasteiger partial charge on any atom is 0.234 e. The Morgan fingerprint density at radius 2 is 1.86 bits per heavy atom. The summed E-state index contributed by atoms with van der Waals surface area (Å²) >= 11 is 8.13. The number of halogens is 2. The van der Waals surface area contributed by atoms with E-state index in [1.807, 2.05) is 54.1 Å². The SMILES string of the molecule is COc1ccc(OCc2nnc(SCC(=O)Nc3cc(Br)ccc3Br)n2C)cc1. The Morgan fingerprint density at radius 1 is 1.14 bits per heavy atom. The molecule has 3 rings (SSSR count). The lowest BCUT2D eigenvalue weighted by Gasteiger charge is -2.08. The number of hydrogen-bond donors (Lipinski definition) is 1. The number of aromatic nitrogens is 3. The number of hydrogen-bond acceptors (Lipinski definition) is 6. The van der Waals surface area contributed by atoms with Gasteiger partial charge in [-0.05, 0) is 58.4 Å². The number of thioether (sulfide) groups is 1. The number of amides is 1. The van der Waals surface area contributed by atoms with Gasteiger partial charge in [0.2, 0.25) is 5.91 Å². The highest BCUT2D eigenvalue weighted by molar-refractivity contribution is 9.11. The molecule has 7 nitrogen and oxygen atoms in total. The second-order valence-corrected chi connectivity index (χ2v) is 8.60. The molecular weight excluding hydrogens is 524 g/mol. The van der Waals surface area contributed by atoms with Crippen LogP contribution in [0.4, 0.5) is 5.69 Å². The zero-order valence-electron chi connectivity index (χ0n) is 15.7. The Morgan fingerprint density at radius 3 is 2.59 bits per heavy atom. The molecule has 0 bridgehead atoms. The van der Waals surface area contributed by atoms with Crippen LogP contribution < -0.4 is 14.8 Å². The monoisotopic (exact) mass is 540 g/mol. The summed E-state index contributed by atoms with van der Waals surface area (Å²) in [5, 5.41) is 11.8. The van der Waals surface area contributed by atoms with E-state index in [4.69, 9.17) is 9.47 Å². The Hall–Kier alpha value is -2.04. The molecule has 0 aliphatic carbocycles. The number of nitrogens with one attached hydrogen (secondary N) is 1. The molecule has 0 fully saturated rings. The molecule has 1 aromatic heterocycles. The first kappa shape index (κ1) is 21.7. The molecule has 2 aromatic carbocycles. The van der Waals surface area contributed by atoms with Gasteiger partial charge in [-0.15, -0.1) is 10.2 Å². The highest BCUT2D eigenvalue weighted by atomic mass is 79.9. The summed E-state index contributed by atoms with van der Waals surface area (Å²) in [4.78, 5) is 12.3. The minimum atomic E-state index is -0.132. The van der Waals surface area contributed by atoms with Crippen LogP contribution in [0.5, 0.6) is 11.5 Å². The minimum Gasteiger partial charge on any atom is -0.497 e. The Balaban J connectivity index is 1.53. The van der Waals surface area contributed by atoms with Gasteiger partial charge in [0.1, 0.15) is 18.1 Å². The Kier molecular flexibility index (Phi) is 7.57. The normalized spacial score (nSPS) is 10.6. The Labute approximate surface area is 189 Å². The molecule has 0 aliphatic rings. The van der Waals surface area contributed by atoms with Gasteiger partial charge in [0.05, 0.1) is 18.6 Å². The number of carbonyl (C=O) groups excluding carboxylic acids is 1. The molecule has 29 heavy (non-hydrogen) atoms. The van der Waals surface area contributed by atoms with E-state index in [-0.39, 0.29) is 18.3 Å². The van der Waals surface area contributed by atoms with E-state index in [9.17, 15) is 4.79 Å². The van der Waals surface area contributed by atoms with Crippen molar-refractivity contribution in [2.75, 3.05) is 18.2 Å². The predicted octanol–water partition coefficient (Wildman–Crippen LogP) is 4.66. The number of nitrogens with zero attached hydrogens (tertiary/aromatic N) is 3. The van der Waals surface area contributed by atoms with Gasteiger partial charge in [-0.2, -0.15) is 0 Å². The van der Waals surface area contributed by atoms with E-state index in [1.165, 1.54) is 11.8 Å². The van der Waals surface area contributed by atoms with Gasteiger partial charge in [-0.25, -0.2) is 0 Å². The van der Waals surface area contributed by atoms with Crippen molar-refractivity contribution in [2.24, 2.45) is 7.05 Å². The van der Waals surface area contributed by atoms with Crippen molar-refractivity contribution in [2.45, 2.75) is 11.8 Å². The summed E-state index contributed by atoms with van der Waals surface area (Å²) in [6, 6.07) is 12.9.